The Morgan fingerprint density at radius 1 is 1.11 bits per heavy atom. The zero-order chi connectivity index (χ0) is 25.9. The molecule has 2 spiro atoms. The van der Waals surface area contributed by atoms with E-state index in [0.717, 1.165) is 18.4 Å². The van der Waals surface area contributed by atoms with Crippen LogP contribution < -0.4 is 15.4 Å². The lowest BCUT2D eigenvalue weighted by Gasteiger charge is -2.49. The number of ether oxygens (including phenoxy) is 3. The molecule has 190 valence electrons. The average Bonchev–Trinajstić information content (AvgIpc) is 3.50. The molecular formula is C26H29ClN4O5. The lowest BCUT2D eigenvalue weighted by molar-refractivity contribution is -0.0478. The number of aliphatic imine (C=N–C) groups is 1. The Balaban J connectivity index is 1.50. The molecular weight excluding hydrogens is 484 g/mol. The van der Waals surface area contributed by atoms with E-state index < -0.39 is 22.8 Å². The molecule has 1 fully saturated rings. The van der Waals surface area contributed by atoms with Crippen LogP contribution in [0.5, 0.6) is 5.75 Å². The number of amidine groups is 1. The van der Waals surface area contributed by atoms with Crippen molar-refractivity contribution in [1.82, 2.24) is 10.3 Å². The number of rotatable bonds is 2. The molecule has 10 heteroatoms. The Kier molecular flexibility index (Phi) is 5.48. The van der Waals surface area contributed by atoms with Crippen LogP contribution in [-0.2, 0) is 15.0 Å². The number of hydrogen-bond donors (Lipinski definition) is 2. The van der Waals surface area contributed by atoms with Gasteiger partial charge in [-0.15, -0.1) is 0 Å². The second kappa shape index (κ2) is 8.09. The number of pyridine rings is 1. The second-order valence-electron chi connectivity index (χ2n) is 10.9. The summed E-state index contributed by atoms with van der Waals surface area (Å²) in [5.41, 5.74) is -0.698. The fourth-order valence-electron chi connectivity index (χ4n) is 5.24. The molecule has 0 saturated heterocycles. The summed E-state index contributed by atoms with van der Waals surface area (Å²) in [7, 11) is 0. The van der Waals surface area contributed by atoms with Gasteiger partial charge in [0.1, 0.15) is 34.8 Å². The third-order valence-corrected chi connectivity index (χ3v) is 7.24. The maximum atomic E-state index is 12.8. The van der Waals surface area contributed by atoms with Crippen molar-refractivity contribution in [2.75, 3.05) is 11.9 Å². The lowest BCUT2D eigenvalue weighted by atomic mass is 9.66. The minimum Gasteiger partial charge on any atom is -0.487 e. The molecule has 1 aliphatic carbocycles. The van der Waals surface area contributed by atoms with Gasteiger partial charge in [-0.1, -0.05) is 11.6 Å². The Morgan fingerprint density at radius 2 is 1.86 bits per heavy atom. The third-order valence-electron chi connectivity index (χ3n) is 7.02. The first kappa shape index (κ1) is 24.4. The highest BCUT2D eigenvalue weighted by molar-refractivity contribution is 6.30. The Hall–Kier alpha value is -3.33. The fraction of sp³-hybridized carbons (Fsp3) is 0.462. The number of carbonyl (C=O) groups excluding carboxylic acids is 2. The quantitative estimate of drug-likeness (QED) is 0.582. The van der Waals surface area contributed by atoms with E-state index in [1.807, 2.05) is 12.1 Å². The van der Waals surface area contributed by atoms with Crippen molar-refractivity contribution < 1.29 is 23.8 Å². The van der Waals surface area contributed by atoms with Crippen LogP contribution in [0, 0.1) is 5.41 Å². The molecule has 3 aliphatic rings. The summed E-state index contributed by atoms with van der Waals surface area (Å²) in [4.78, 5) is 34.2. The van der Waals surface area contributed by atoms with Gasteiger partial charge in [-0.05, 0) is 77.8 Å². The maximum Gasteiger partial charge on any atom is 0.415 e. The van der Waals surface area contributed by atoms with Gasteiger partial charge >= 0.3 is 6.09 Å². The predicted molar refractivity (Wildman–Crippen MR) is 134 cm³/mol. The standard InChI is InChI=1S/C26H29ClN4O5/c1-23(2,3)36-22(33)30-21-31-26(14-34-21)17-12-16(29-20(32)18-8-6-15(27)13-28-18)7-9-19(17)35-24(4,5)25(26)10-11-25/h6-9,12-13H,10-11,14H2,1-5H3,(H,29,32)(H,30,31,33)/t26-/m0/s1. The van der Waals surface area contributed by atoms with E-state index in [4.69, 9.17) is 30.8 Å². The molecule has 1 aromatic heterocycles. The van der Waals surface area contributed by atoms with Crippen LogP contribution in [0.2, 0.25) is 5.02 Å². The molecule has 1 atom stereocenters. The number of benzene rings is 1. The smallest absolute Gasteiger partial charge is 0.415 e. The normalized spacial score (nSPS) is 22.7. The summed E-state index contributed by atoms with van der Waals surface area (Å²) >= 11 is 5.89. The minimum absolute atomic E-state index is 0.110. The van der Waals surface area contributed by atoms with Gasteiger partial charge in [0.25, 0.3) is 11.9 Å². The summed E-state index contributed by atoms with van der Waals surface area (Å²) in [6, 6.07) is 8.75. The largest absolute Gasteiger partial charge is 0.487 e. The molecule has 2 N–H and O–H groups in total. The lowest BCUT2D eigenvalue weighted by Crippen LogP contribution is -2.55. The highest BCUT2D eigenvalue weighted by Gasteiger charge is 2.73. The highest BCUT2D eigenvalue weighted by Crippen LogP contribution is 2.71. The van der Waals surface area contributed by atoms with Gasteiger partial charge in [0, 0.05) is 22.9 Å². The first-order valence-electron chi connectivity index (χ1n) is 11.8. The molecule has 0 radical (unpaired) electrons. The minimum atomic E-state index is -0.798. The van der Waals surface area contributed by atoms with Crippen molar-refractivity contribution in [3.05, 3.63) is 52.8 Å². The Bertz CT molecular complexity index is 1260. The first-order chi connectivity index (χ1) is 16.8. The Labute approximate surface area is 214 Å². The van der Waals surface area contributed by atoms with Crippen molar-refractivity contribution in [1.29, 1.82) is 0 Å². The van der Waals surface area contributed by atoms with Crippen LogP contribution in [0.1, 0.15) is 63.5 Å². The zero-order valence-electron chi connectivity index (χ0n) is 20.9. The molecule has 0 unspecified atom stereocenters. The number of fused-ring (bicyclic) bond motifs is 3. The number of carbonyl (C=O) groups is 2. The monoisotopic (exact) mass is 512 g/mol. The molecule has 2 aliphatic heterocycles. The topological polar surface area (TPSA) is 111 Å². The van der Waals surface area contributed by atoms with Crippen LogP contribution in [0.15, 0.2) is 41.5 Å². The number of aromatic nitrogens is 1. The molecule has 3 heterocycles. The van der Waals surface area contributed by atoms with E-state index in [9.17, 15) is 9.59 Å². The van der Waals surface area contributed by atoms with Crippen molar-refractivity contribution in [3.63, 3.8) is 0 Å². The van der Waals surface area contributed by atoms with E-state index in [0.29, 0.717) is 16.5 Å². The molecule has 1 aromatic carbocycles. The summed E-state index contributed by atoms with van der Waals surface area (Å²) < 4.78 is 17.7. The van der Waals surface area contributed by atoms with Gasteiger partial charge in [0.2, 0.25) is 0 Å². The van der Waals surface area contributed by atoms with E-state index in [1.165, 1.54) is 6.20 Å². The summed E-state index contributed by atoms with van der Waals surface area (Å²) in [6.45, 7) is 9.71. The van der Waals surface area contributed by atoms with Gasteiger partial charge in [-0.3, -0.25) is 4.79 Å². The van der Waals surface area contributed by atoms with Crippen molar-refractivity contribution >= 4 is 35.3 Å². The summed E-state index contributed by atoms with van der Waals surface area (Å²) in [6.07, 6.45) is 2.56. The molecule has 9 nitrogen and oxygen atoms in total. The second-order valence-corrected chi connectivity index (χ2v) is 11.4. The van der Waals surface area contributed by atoms with Gasteiger partial charge in [0.05, 0.1) is 5.02 Å². The first-order valence-corrected chi connectivity index (χ1v) is 12.2. The van der Waals surface area contributed by atoms with Gasteiger partial charge in [0.15, 0.2) is 0 Å². The number of alkyl carbamates (subject to hydrolysis) is 1. The summed E-state index contributed by atoms with van der Waals surface area (Å²) in [5, 5.41) is 5.98. The number of amides is 2. The zero-order valence-corrected chi connectivity index (χ0v) is 21.7. The third kappa shape index (κ3) is 4.05. The SMILES string of the molecule is CC(C)(C)OC(=O)NC1=N[C@@]2(CO1)c1cc(NC(=O)c3ccc(Cl)cn3)ccc1OC(C)(C)C21CC1. The number of hydrogen-bond acceptors (Lipinski definition) is 7. The van der Waals surface area contributed by atoms with Gasteiger partial charge in [-0.2, -0.15) is 0 Å². The van der Waals surface area contributed by atoms with Crippen LogP contribution in [0.4, 0.5) is 10.5 Å². The summed E-state index contributed by atoms with van der Waals surface area (Å²) in [5.74, 6) is 0.295. The predicted octanol–water partition coefficient (Wildman–Crippen LogP) is 5.04. The molecule has 2 aromatic rings. The van der Waals surface area contributed by atoms with E-state index >= 15 is 0 Å². The maximum absolute atomic E-state index is 12.8. The van der Waals surface area contributed by atoms with Crippen molar-refractivity contribution in [2.45, 2.75) is 64.2 Å². The highest BCUT2D eigenvalue weighted by atomic mass is 35.5. The molecule has 2 amide bonds. The van der Waals surface area contributed by atoms with Crippen LogP contribution in [0.3, 0.4) is 0 Å². The van der Waals surface area contributed by atoms with Crippen molar-refractivity contribution in [2.24, 2.45) is 10.4 Å². The fourth-order valence-corrected chi connectivity index (χ4v) is 5.35. The van der Waals surface area contributed by atoms with E-state index in [2.05, 4.69) is 29.5 Å². The van der Waals surface area contributed by atoms with Crippen molar-refractivity contribution in [3.8, 4) is 5.75 Å². The van der Waals surface area contributed by atoms with E-state index in [1.54, 1.807) is 39.0 Å². The van der Waals surface area contributed by atoms with Crippen LogP contribution >= 0.6 is 11.6 Å². The number of nitrogens with zero attached hydrogens (tertiary/aromatic N) is 2. The van der Waals surface area contributed by atoms with Crippen LogP contribution in [0.25, 0.3) is 0 Å². The van der Waals surface area contributed by atoms with E-state index in [-0.39, 0.29) is 29.6 Å². The molecule has 5 rings (SSSR count). The number of anilines is 1. The molecule has 0 bridgehead atoms. The average molecular weight is 513 g/mol. The van der Waals surface area contributed by atoms with Crippen LogP contribution in [-0.4, -0.2) is 40.8 Å². The molecule has 1 saturated carbocycles. The number of halogens is 1. The van der Waals surface area contributed by atoms with Gasteiger partial charge < -0.3 is 19.5 Å². The van der Waals surface area contributed by atoms with Gasteiger partial charge in [-0.25, -0.2) is 20.1 Å². The number of nitrogens with one attached hydrogen (secondary N) is 2. The Morgan fingerprint density at radius 3 is 2.50 bits per heavy atom. The molecule has 36 heavy (non-hydrogen) atoms.